The van der Waals surface area contributed by atoms with Gasteiger partial charge in [-0.05, 0) is 53.0 Å². The van der Waals surface area contributed by atoms with Gasteiger partial charge >= 0.3 is 0 Å². The number of carbonyl (C=O) groups is 1. The number of ether oxygens (including phenoxy) is 1. The van der Waals surface area contributed by atoms with Crippen LogP contribution in [0.25, 0.3) is 0 Å². The van der Waals surface area contributed by atoms with Crippen molar-refractivity contribution in [3.8, 4) is 5.75 Å². The number of methoxy groups -OCH3 is 1. The Morgan fingerprint density at radius 2 is 2.09 bits per heavy atom. The van der Waals surface area contributed by atoms with E-state index in [0.29, 0.717) is 12.8 Å². The minimum absolute atomic E-state index is 0.200. The summed E-state index contributed by atoms with van der Waals surface area (Å²) in [5, 5.41) is 14.7. The second-order valence-corrected chi connectivity index (χ2v) is 6.35. The molecule has 0 saturated heterocycles. The lowest BCUT2D eigenvalue weighted by molar-refractivity contribution is 0.112. The molecule has 1 aromatic heterocycles. The van der Waals surface area contributed by atoms with E-state index in [-0.39, 0.29) is 5.92 Å². The molecule has 0 spiro atoms. The number of nitrogens with zero attached hydrogens (tertiary/aromatic N) is 1. The first kappa shape index (κ1) is 14.8. The van der Waals surface area contributed by atoms with Crippen LogP contribution in [-0.4, -0.2) is 24.3 Å². The van der Waals surface area contributed by atoms with Gasteiger partial charge in [-0.2, -0.15) is 0 Å². The van der Waals surface area contributed by atoms with Crippen molar-refractivity contribution in [1.82, 2.24) is 0 Å². The Morgan fingerprint density at radius 3 is 2.73 bits per heavy atom. The van der Waals surface area contributed by atoms with Crippen LogP contribution in [0.4, 0.5) is 0 Å². The second kappa shape index (κ2) is 6.32. The third-order valence-electron chi connectivity index (χ3n) is 4.18. The molecule has 2 aromatic rings. The van der Waals surface area contributed by atoms with Gasteiger partial charge in [0.2, 0.25) is 0 Å². The van der Waals surface area contributed by atoms with E-state index in [1.54, 1.807) is 7.11 Å². The lowest BCUT2D eigenvalue weighted by atomic mass is 9.89. The van der Waals surface area contributed by atoms with Gasteiger partial charge in [-0.3, -0.25) is 4.79 Å². The second-order valence-electron chi connectivity index (χ2n) is 5.44. The van der Waals surface area contributed by atoms with Crippen LogP contribution in [0.1, 0.15) is 38.7 Å². The van der Waals surface area contributed by atoms with Crippen LogP contribution in [0.15, 0.2) is 34.8 Å². The highest BCUT2D eigenvalue weighted by molar-refractivity contribution is 7.12. The first-order chi connectivity index (χ1) is 10.7. The van der Waals surface area contributed by atoms with E-state index in [1.165, 1.54) is 11.3 Å². The molecule has 1 aliphatic rings. The van der Waals surface area contributed by atoms with E-state index in [1.807, 2.05) is 29.6 Å². The zero-order valence-electron chi connectivity index (χ0n) is 12.3. The molecule has 0 amide bonds. The zero-order chi connectivity index (χ0) is 15.5. The number of hydrogen-bond donors (Lipinski definition) is 1. The molecule has 0 bridgehead atoms. The summed E-state index contributed by atoms with van der Waals surface area (Å²) in [4.78, 5) is 12.0. The van der Waals surface area contributed by atoms with Crippen molar-refractivity contribution in [2.45, 2.75) is 25.2 Å². The van der Waals surface area contributed by atoms with Crippen molar-refractivity contribution < 1.29 is 14.7 Å². The van der Waals surface area contributed by atoms with Crippen LogP contribution in [-0.2, 0) is 12.8 Å². The van der Waals surface area contributed by atoms with Crippen LogP contribution >= 0.6 is 11.3 Å². The molecule has 1 aliphatic carbocycles. The maximum absolute atomic E-state index is 11.2. The number of hydrogen-bond acceptors (Lipinski definition) is 5. The fourth-order valence-corrected chi connectivity index (χ4v) is 3.90. The third kappa shape index (κ3) is 2.76. The van der Waals surface area contributed by atoms with Gasteiger partial charge in [-0.1, -0.05) is 17.3 Å². The molecular weight excluding hydrogens is 298 g/mol. The predicted octanol–water partition coefficient (Wildman–Crippen LogP) is 3.67. The van der Waals surface area contributed by atoms with Crippen LogP contribution < -0.4 is 4.74 Å². The molecule has 1 N–H and O–H groups in total. The molecule has 3 rings (SSSR count). The van der Waals surface area contributed by atoms with E-state index in [4.69, 9.17) is 4.74 Å². The highest BCUT2D eigenvalue weighted by atomic mass is 32.1. The summed E-state index contributed by atoms with van der Waals surface area (Å²) in [5.74, 6) is 1.02. The van der Waals surface area contributed by atoms with E-state index >= 15 is 0 Å². The van der Waals surface area contributed by atoms with Crippen LogP contribution in [0.5, 0.6) is 5.75 Å². The largest absolute Gasteiger partial charge is 0.497 e. The first-order valence-electron chi connectivity index (χ1n) is 7.13. The van der Waals surface area contributed by atoms with Crippen molar-refractivity contribution in [1.29, 1.82) is 0 Å². The van der Waals surface area contributed by atoms with Gasteiger partial charge in [-0.25, -0.2) is 0 Å². The average molecular weight is 315 g/mol. The highest BCUT2D eigenvalue weighted by Crippen LogP contribution is 2.35. The first-order valence-corrected chi connectivity index (χ1v) is 8.01. The molecule has 0 aliphatic heterocycles. The Balaban J connectivity index is 1.98. The Hall–Kier alpha value is -2.14. The van der Waals surface area contributed by atoms with Crippen molar-refractivity contribution in [2.75, 3.05) is 7.11 Å². The topological polar surface area (TPSA) is 58.9 Å². The van der Waals surface area contributed by atoms with Gasteiger partial charge in [0.05, 0.1) is 17.7 Å². The maximum Gasteiger partial charge on any atom is 0.160 e. The number of aldehydes is 1. The molecule has 5 heteroatoms. The standard InChI is InChI=1S/C17H17NO3S/c1-21-15-4-2-11(3-5-15)12-6-14(18-20)7-13-10-22-17(9-19)16(13)8-12/h2-5,9-10,12,20H,6-8H2,1H3/b18-14+. The minimum Gasteiger partial charge on any atom is -0.497 e. The van der Waals surface area contributed by atoms with E-state index < -0.39 is 0 Å². The summed E-state index contributed by atoms with van der Waals surface area (Å²) in [5.41, 5.74) is 4.13. The molecule has 22 heavy (non-hydrogen) atoms. The van der Waals surface area contributed by atoms with E-state index in [9.17, 15) is 10.0 Å². The summed E-state index contributed by atoms with van der Waals surface area (Å²) >= 11 is 1.47. The van der Waals surface area contributed by atoms with Crippen LogP contribution in [0.3, 0.4) is 0 Å². The molecule has 1 unspecified atom stereocenters. The van der Waals surface area contributed by atoms with Crippen LogP contribution in [0.2, 0.25) is 0 Å². The SMILES string of the molecule is COc1ccc(C2C/C(=N\O)Cc3csc(C=O)c3C2)cc1. The van der Waals surface area contributed by atoms with Crippen molar-refractivity contribution >= 4 is 23.3 Å². The lowest BCUT2D eigenvalue weighted by Crippen LogP contribution is -2.08. The normalized spacial score (nSPS) is 19.5. The molecule has 0 radical (unpaired) electrons. The number of fused-ring (bicyclic) bond motifs is 1. The Labute approximate surface area is 133 Å². The molecule has 0 fully saturated rings. The van der Waals surface area contributed by atoms with Gasteiger partial charge in [0, 0.05) is 6.42 Å². The molecule has 114 valence electrons. The van der Waals surface area contributed by atoms with Gasteiger partial charge < -0.3 is 9.94 Å². The van der Waals surface area contributed by atoms with Gasteiger partial charge in [-0.15, -0.1) is 11.3 Å². The van der Waals surface area contributed by atoms with Gasteiger partial charge in [0.1, 0.15) is 5.75 Å². The summed E-state index contributed by atoms with van der Waals surface area (Å²) in [6, 6.07) is 7.95. The van der Waals surface area contributed by atoms with Crippen molar-refractivity contribution in [3.63, 3.8) is 0 Å². The average Bonchev–Trinajstić information content (AvgIpc) is 2.84. The molecule has 1 heterocycles. The number of oxime groups is 1. The molecular formula is C17H17NO3S. The fraction of sp³-hybridized carbons (Fsp3) is 0.294. The van der Waals surface area contributed by atoms with E-state index in [2.05, 4.69) is 5.16 Å². The fourth-order valence-electron chi connectivity index (χ4n) is 3.00. The quantitative estimate of drug-likeness (QED) is 0.407. The van der Waals surface area contributed by atoms with Crippen LogP contribution in [0, 0.1) is 0 Å². The summed E-state index contributed by atoms with van der Waals surface area (Å²) in [6.45, 7) is 0. The highest BCUT2D eigenvalue weighted by Gasteiger charge is 2.25. The van der Waals surface area contributed by atoms with Gasteiger partial charge in [0.15, 0.2) is 6.29 Å². The third-order valence-corrected chi connectivity index (χ3v) is 5.17. The number of rotatable bonds is 3. The maximum atomic E-state index is 11.2. The van der Waals surface area contributed by atoms with Crippen molar-refractivity contribution in [3.05, 3.63) is 51.2 Å². The molecule has 4 nitrogen and oxygen atoms in total. The Morgan fingerprint density at radius 1 is 1.32 bits per heavy atom. The monoisotopic (exact) mass is 315 g/mol. The smallest absolute Gasteiger partial charge is 0.160 e. The zero-order valence-corrected chi connectivity index (χ0v) is 13.1. The minimum atomic E-state index is 0.200. The van der Waals surface area contributed by atoms with E-state index in [0.717, 1.165) is 45.7 Å². The van der Waals surface area contributed by atoms with Crippen molar-refractivity contribution in [2.24, 2.45) is 5.16 Å². The number of thiophene rings is 1. The number of carbonyl (C=O) groups excluding carboxylic acids is 1. The Bertz CT molecular complexity index is 703. The predicted molar refractivity (Wildman–Crippen MR) is 86.7 cm³/mol. The molecule has 0 saturated carbocycles. The molecule has 1 aromatic carbocycles. The Kier molecular flexibility index (Phi) is 4.24. The van der Waals surface area contributed by atoms with Gasteiger partial charge in [0.25, 0.3) is 0 Å². The summed E-state index contributed by atoms with van der Waals surface area (Å²) in [6.07, 6.45) is 3.03. The number of benzene rings is 1. The summed E-state index contributed by atoms with van der Waals surface area (Å²) in [7, 11) is 1.64. The lowest BCUT2D eigenvalue weighted by Gasteiger charge is -2.15. The summed E-state index contributed by atoms with van der Waals surface area (Å²) < 4.78 is 5.20. The molecule has 1 atom stereocenters.